The highest BCUT2D eigenvalue weighted by atomic mass is 79.9. The maximum atomic E-state index is 6.67. The van der Waals surface area contributed by atoms with Gasteiger partial charge in [0.1, 0.15) is 0 Å². The zero-order chi connectivity index (χ0) is 13.8. The molecule has 18 heavy (non-hydrogen) atoms. The third-order valence-corrected chi connectivity index (χ3v) is 9.07. The lowest BCUT2D eigenvalue weighted by Crippen LogP contribution is -2.54. The molecule has 0 saturated heterocycles. The van der Waals surface area contributed by atoms with Gasteiger partial charge in [-0.15, -0.1) is 11.6 Å². The molecule has 0 bridgehead atoms. The van der Waals surface area contributed by atoms with Crippen molar-refractivity contribution in [1.29, 1.82) is 0 Å². The van der Waals surface area contributed by atoms with Gasteiger partial charge in [0.25, 0.3) is 0 Å². The summed E-state index contributed by atoms with van der Waals surface area (Å²) in [5.41, 5.74) is 1.87. The largest absolute Gasteiger partial charge is 0.121 e. The monoisotopic (exact) mass is 396 g/mol. The van der Waals surface area contributed by atoms with Crippen molar-refractivity contribution in [1.82, 2.24) is 0 Å². The predicted octanol–water partition coefficient (Wildman–Crippen LogP) is 6.06. The van der Waals surface area contributed by atoms with Gasteiger partial charge in [0.15, 0.2) is 0 Å². The summed E-state index contributed by atoms with van der Waals surface area (Å²) in [5, 5.41) is 0.181. The zero-order valence-corrected chi connectivity index (χ0v) is 15.5. The molecule has 2 rings (SSSR count). The van der Waals surface area contributed by atoms with Gasteiger partial charge in [-0.05, 0) is 49.9 Å². The van der Waals surface area contributed by atoms with Crippen LogP contribution in [0.1, 0.15) is 52.9 Å². The second-order valence-corrected chi connectivity index (χ2v) is 10.3. The number of halogens is 3. The first-order valence-electron chi connectivity index (χ1n) is 6.79. The van der Waals surface area contributed by atoms with Crippen LogP contribution in [-0.2, 0) is 0 Å². The Bertz CT molecular complexity index is 362. The molecule has 0 aromatic rings. The molecule has 0 radical (unpaired) electrons. The molecule has 0 aromatic heterocycles. The Balaban J connectivity index is 2.37. The van der Waals surface area contributed by atoms with Gasteiger partial charge >= 0.3 is 0 Å². The highest BCUT2D eigenvalue weighted by Crippen LogP contribution is 2.64. The van der Waals surface area contributed by atoms with Crippen LogP contribution >= 0.6 is 43.5 Å². The van der Waals surface area contributed by atoms with Crippen molar-refractivity contribution in [3.8, 4) is 0 Å². The first kappa shape index (κ1) is 15.4. The third kappa shape index (κ3) is 2.15. The van der Waals surface area contributed by atoms with Crippen molar-refractivity contribution in [3.05, 3.63) is 12.2 Å². The first-order valence-corrected chi connectivity index (χ1v) is 8.93. The molecule has 2 unspecified atom stereocenters. The molecule has 0 heterocycles. The molecule has 3 heteroatoms. The summed E-state index contributed by atoms with van der Waals surface area (Å²) in [6, 6.07) is 0. The summed E-state index contributed by atoms with van der Waals surface area (Å²) in [6.07, 6.45) is 5.72. The Morgan fingerprint density at radius 2 is 1.89 bits per heavy atom. The molecule has 104 valence electrons. The van der Waals surface area contributed by atoms with Crippen LogP contribution in [0, 0.1) is 10.8 Å². The van der Waals surface area contributed by atoms with Crippen LogP contribution in [-0.4, -0.2) is 14.5 Å². The molecule has 0 amide bonds. The lowest BCUT2D eigenvalue weighted by atomic mass is 9.50. The van der Waals surface area contributed by atoms with E-state index in [1.165, 1.54) is 18.4 Å². The minimum atomic E-state index is 0.0788. The molecule has 4 atom stereocenters. The molecule has 0 nitrogen and oxygen atoms in total. The lowest BCUT2D eigenvalue weighted by Gasteiger charge is -2.59. The van der Waals surface area contributed by atoms with E-state index in [1.807, 2.05) is 0 Å². The van der Waals surface area contributed by atoms with Gasteiger partial charge in [-0.1, -0.05) is 57.9 Å². The molecule has 0 N–H and O–H groups in total. The van der Waals surface area contributed by atoms with Gasteiger partial charge in [0.2, 0.25) is 0 Å². The quantitative estimate of drug-likeness (QED) is 0.344. The fourth-order valence-corrected chi connectivity index (χ4v) is 5.20. The normalized spacial score (nSPS) is 48.4. The van der Waals surface area contributed by atoms with Crippen LogP contribution in [0.15, 0.2) is 12.2 Å². The number of hydrogen-bond donors (Lipinski definition) is 0. The van der Waals surface area contributed by atoms with E-state index in [4.69, 9.17) is 11.6 Å². The Hall–Kier alpha value is 0.990. The predicted molar refractivity (Wildman–Crippen MR) is 88.1 cm³/mol. The van der Waals surface area contributed by atoms with E-state index in [9.17, 15) is 0 Å². The van der Waals surface area contributed by atoms with E-state index in [0.29, 0.717) is 4.83 Å². The van der Waals surface area contributed by atoms with Crippen molar-refractivity contribution in [3.63, 3.8) is 0 Å². The van der Waals surface area contributed by atoms with Crippen LogP contribution in [0.2, 0.25) is 0 Å². The molecular weight excluding hydrogens is 375 g/mol. The lowest BCUT2D eigenvalue weighted by molar-refractivity contribution is 0.0341. The fraction of sp³-hybridized carbons (Fsp3) is 0.867. The van der Waals surface area contributed by atoms with Crippen LogP contribution in [0.3, 0.4) is 0 Å². The molecule has 2 aliphatic carbocycles. The van der Waals surface area contributed by atoms with Crippen LogP contribution in [0.4, 0.5) is 0 Å². The van der Waals surface area contributed by atoms with Crippen molar-refractivity contribution in [2.45, 2.75) is 67.4 Å². The summed E-state index contributed by atoms with van der Waals surface area (Å²) >= 11 is 14.4. The summed E-state index contributed by atoms with van der Waals surface area (Å²) < 4.78 is 0.0788. The zero-order valence-electron chi connectivity index (χ0n) is 11.5. The van der Waals surface area contributed by atoms with Crippen molar-refractivity contribution in [2.75, 3.05) is 0 Å². The van der Waals surface area contributed by atoms with Gasteiger partial charge in [0.05, 0.1) is 0 Å². The van der Waals surface area contributed by atoms with E-state index < -0.39 is 0 Å². The molecule has 2 fully saturated rings. The second kappa shape index (κ2) is 4.77. The van der Waals surface area contributed by atoms with Crippen molar-refractivity contribution in [2.24, 2.45) is 10.8 Å². The van der Waals surface area contributed by atoms with Gasteiger partial charge in [0, 0.05) is 14.5 Å². The maximum absolute atomic E-state index is 6.67. The average Bonchev–Trinajstić information content (AvgIpc) is 2.27. The second-order valence-electron chi connectivity index (χ2n) is 6.86. The number of rotatable bonds is 0. The Kier molecular flexibility index (Phi) is 4.08. The Morgan fingerprint density at radius 1 is 1.28 bits per heavy atom. The van der Waals surface area contributed by atoms with E-state index in [0.717, 1.165) is 19.3 Å². The summed E-state index contributed by atoms with van der Waals surface area (Å²) in [6.45, 7) is 11.4. The van der Waals surface area contributed by atoms with E-state index in [-0.39, 0.29) is 20.5 Å². The minimum absolute atomic E-state index is 0.0788. The maximum Gasteiger partial charge on any atom is 0.0495 e. The minimum Gasteiger partial charge on any atom is -0.121 e. The molecule has 0 aliphatic heterocycles. The van der Waals surface area contributed by atoms with Gasteiger partial charge in [-0.2, -0.15) is 0 Å². The van der Waals surface area contributed by atoms with Crippen molar-refractivity contribution >= 4 is 43.5 Å². The van der Waals surface area contributed by atoms with Gasteiger partial charge in [-0.3, -0.25) is 0 Å². The number of hydrogen-bond acceptors (Lipinski definition) is 0. The highest BCUT2D eigenvalue weighted by Gasteiger charge is 2.57. The van der Waals surface area contributed by atoms with E-state index in [2.05, 4.69) is 59.2 Å². The summed E-state index contributed by atoms with van der Waals surface area (Å²) in [4.78, 5) is 0.569. The van der Waals surface area contributed by atoms with Gasteiger partial charge in [-0.25, -0.2) is 0 Å². The van der Waals surface area contributed by atoms with Gasteiger partial charge < -0.3 is 0 Å². The first-order chi connectivity index (χ1) is 8.13. The van der Waals surface area contributed by atoms with Crippen molar-refractivity contribution < 1.29 is 0 Å². The SMILES string of the molecule is C=C1CC[C@H](Br)C(C)(C)[C@]12CCC(C)(Br)C(Cl)C2. The molecule has 2 saturated carbocycles. The topological polar surface area (TPSA) is 0 Å². The number of alkyl halides is 3. The smallest absolute Gasteiger partial charge is 0.0495 e. The third-order valence-electron chi connectivity index (χ3n) is 5.61. The van der Waals surface area contributed by atoms with Crippen LogP contribution in [0.25, 0.3) is 0 Å². The molecular formula is C15H23Br2Cl. The molecule has 2 aliphatic rings. The summed E-state index contributed by atoms with van der Waals surface area (Å²) in [7, 11) is 0. The molecule has 1 spiro atoms. The highest BCUT2D eigenvalue weighted by molar-refractivity contribution is 9.10. The Morgan fingerprint density at radius 3 is 2.44 bits per heavy atom. The van der Waals surface area contributed by atoms with Crippen LogP contribution < -0.4 is 0 Å². The number of allylic oxidation sites excluding steroid dienone is 1. The Labute approximate surface area is 133 Å². The fourth-order valence-electron chi connectivity index (χ4n) is 3.80. The summed E-state index contributed by atoms with van der Waals surface area (Å²) in [5.74, 6) is 0. The average molecular weight is 399 g/mol. The molecule has 0 aromatic carbocycles. The van der Waals surface area contributed by atoms with E-state index in [1.54, 1.807) is 0 Å². The standard InChI is InChI=1S/C15H23Br2Cl/c1-10-5-6-11(16)13(2,3)15(10)8-7-14(4,17)12(18)9-15/h11-12H,1,5-9H2,2-4H3/t11-,12?,14?,15-/m0/s1. The van der Waals surface area contributed by atoms with E-state index >= 15 is 0 Å². The van der Waals surface area contributed by atoms with Crippen LogP contribution in [0.5, 0.6) is 0 Å².